The maximum absolute atomic E-state index is 6.28. The van der Waals surface area contributed by atoms with Gasteiger partial charge >= 0.3 is 0 Å². The summed E-state index contributed by atoms with van der Waals surface area (Å²) < 4.78 is 6.08. The Hall–Kier alpha value is -2.76. The van der Waals surface area contributed by atoms with Gasteiger partial charge in [0.05, 0.1) is 16.2 Å². The zero-order valence-electron chi connectivity index (χ0n) is 18.6. The monoisotopic (exact) mass is 431 g/mol. The second-order valence-corrected chi connectivity index (χ2v) is 9.47. The second kappa shape index (κ2) is 9.16. The number of hydrogen-bond donors (Lipinski definition) is 1. The van der Waals surface area contributed by atoms with E-state index in [4.69, 9.17) is 15.5 Å². The van der Waals surface area contributed by atoms with Crippen LogP contribution in [0.1, 0.15) is 41.4 Å². The normalized spacial score (nSPS) is 11.4. The van der Waals surface area contributed by atoms with Gasteiger partial charge in [0.1, 0.15) is 12.4 Å². The van der Waals surface area contributed by atoms with E-state index in [9.17, 15) is 0 Å². The average molecular weight is 432 g/mol. The molecule has 0 bridgehead atoms. The van der Waals surface area contributed by atoms with Gasteiger partial charge in [-0.1, -0.05) is 43.7 Å². The molecule has 31 heavy (non-hydrogen) atoms. The predicted octanol–water partition coefficient (Wildman–Crippen LogP) is 6.21. The third kappa shape index (κ3) is 4.78. The fraction of sp³-hybridized carbons (Fsp3) is 0.308. The number of thiazole rings is 1. The number of aromatic nitrogens is 2. The topological polar surface area (TPSA) is 61.0 Å². The third-order valence-corrected chi connectivity index (χ3v) is 6.16. The van der Waals surface area contributed by atoms with Crippen LogP contribution in [0.15, 0.2) is 47.8 Å². The Bertz CT molecular complexity index is 1200. The number of aryl methyl sites for hydroxylation is 2. The first-order valence-electron chi connectivity index (χ1n) is 10.7. The minimum atomic E-state index is 0.456. The highest BCUT2D eigenvalue weighted by molar-refractivity contribution is 7.09. The highest BCUT2D eigenvalue weighted by Crippen LogP contribution is 2.36. The van der Waals surface area contributed by atoms with E-state index in [2.05, 4.69) is 62.2 Å². The highest BCUT2D eigenvalue weighted by Gasteiger charge is 2.17. The predicted molar refractivity (Wildman–Crippen MR) is 130 cm³/mol. The van der Waals surface area contributed by atoms with Crippen LogP contribution in [0.4, 0.5) is 0 Å². The summed E-state index contributed by atoms with van der Waals surface area (Å²) in [6.07, 6.45) is 0.906. The third-order valence-electron chi connectivity index (χ3n) is 5.34. The van der Waals surface area contributed by atoms with E-state index in [-0.39, 0.29) is 0 Å². The van der Waals surface area contributed by atoms with Crippen LogP contribution >= 0.6 is 11.3 Å². The molecule has 4 nitrogen and oxygen atoms in total. The molecule has 0 aliphatic rings. The summed E-state index contributed by atoms with van der Waals surface area (Å²) in [7, 11) is 0. The Balaban J connectivity index is 1.83. The summed E-state index contributed by atoms with van der Waals surface area (Å²) in [6, 6.07) is 14.8. The first-order valence-corrected chi connectivity index (χ1v) is 11.6. The summed E-state index contributed by atoms with van der Waals surface area (Å²) in [4.78, 5) is 9.50. The van der Waals surface area contributed by atoms with Crippen molar-refractivity contribution in [2.45, 2.75) is 47.3 Å². The molecule has 2 heterocycles. The van der Waals surface area contributed by atoms with E-state index in [0.29, 0.717) is 19.1 Å². The van der Waals surface area contributed by atoms with Crippen molar-refractivity contribution < 1.29 is 4.74 Å². The van der Waals surface area contributed by atoms with Crippen LogP contribution in [0, 0.1) is 19.8 Å². The maximum Gasteiger partial charge on any atom is 0.131 e. The summed E-state index contributed by atoms with van der Waals surface area (Å²) in [5.74, 6) is 1.32. The summed E-state index contributed by atoms with van der Waals surface area (Å²) in [6.45, 7) is 9.46. The second-order valence-electron chi connectivity index (χ2n) is 8.41. The van der Waals surface area contributed by atoms with Crippen LogP contribution in [-0.2, 0) is 19.6 Å². The van der Waals surface area contributed by atoms with Crippen LogP contribution in [0.5, 0.6) is 5.75 Å². The van der Waals surface area contributed by atoms with E-state index in [1.807, 2.05) is 18.4 Å². The largest absolute Gasteiger partial charge is 0.487 e. The molecule has 0 saturated heterocycles. The molecule has 2 aromatic carbocycles. The van der Waals surface area contributed by atoms with Gasteiger partial charge in [-0.3, -0.25) is 4.98 Å². The van der Waals surface area contributed by atoms with Crippen LogP contribution in [0.2, 0.25) is 0 Å². The first-order chi connectivity index (χ1) is 14.9. The Morgan fingerprint density at radius 3 is 2.45 bits per heavy atom. The molecule has 0 spiro atoms. The van der Waals surface area contributed by atoms with Gasteiger partial charge in [0.25, 0.3) is 0 Å². The molecule has 2 aromatic heterocycles. The lowest BCUT2D eigenvalue weighted by molar-refractivity contribution is 0.302. The van der Waals surface area contributed by atoms with Crippen molar-refractivity contribution in [2.75, 3.05) is 0 Å². The van der Waals surface area contributed by atoms with Crippen LogP contribution in [-0.4, -0.2) is 9.97 Å². The molecule has 2 N–H and O–H groups in total. The van der Waals surface area contributed by atoms with Gasteiger partial charge < -0.3 is 10.5 Å². The molecule has 0 fully saturated rings. The van der Waals surface area contributed by atoms with Crippen molar-refractivity contribution in [3.63, 3.8) is 0 Å². The minimum Gasteiger partial charge on any atom is -0.487 e. The lowest BCUT2D eigenvalue weighted by Crippen LogP contribution is -2.10. The number of pyridine rings is 1. The summed E-state index contributed by atoms with van der Waals surface area (Å²) >= 11 is 1.64. The molecule has 0 saturated carbocycles. The fourth-order valence-corrected chi connectivity index (χ4v) is 4.48. The van der Waals surface area contributed by atoms with Crippen molar-refractivity contribution >= 4 is 22.2 Å². The Morgan fingerprint density at radius 1 is 1.03 bits per heavy atom. The molecule has 0 radical (unpaired) electrons. The number of benzene rings is 2. The zero-order valence-corrected chi connectivity index (χ0v) is 19.4. The summed E-state index contributed by atoms with van der Waals surface area (Å²) in [5, 5.41) is 4.16. The standard InChI is InChI=1S/C26H29N3OS/c1-16(2)11-25-23(13-27)26(19-7-5-17(3)6-8-19)22-12-21(9-10-24(22)29-25)30-14-20-15-31-18(4)28-20/h5-10,12,15-16H,11,13-14,27H2,1-4H3. The maximum atomic E-state index is 6.28. The molecule has 5 heteroatoms. The van der Waals surface area contributed by atoms with E-state index in [1.54, 1.807) is 11.3 Å². The molecule has 0 unspecified atom stereocenters. The molecule has 160 valence electrons. The quantitative estimate of drug-likeness (QED) is 0.378. The highest BCUT2D eigenvalue weighted by atomic mass is 32.1. The van der Waals surface area contributed by atoms with Gasteiger partial charge in [-0.2, -0.15) is 0 Å². The van der Waals surface area contributed by atoms with Crippen LogP contribution < -0.4 is 10.5 Å². The zero-order chi connectivity index (χ0) is 22.0. The van der Waals surface area contributed by atoms with E-state index in [1.165, 1.54) is 5.56 Å². The van der Waals surface area contributed by atoms with Gasteiger partial charge in [0.2, 0.25) is 0 Å². The van der Waals surface area contributed by atoms with Gasteiger partial charge in [-0.15, -0.1) is 11.3 Å². The Kier molecular flexibility index (Phi) is 6.35. The smallest absolute Gasteiger partial charge is 0.131 e. The van der Waals surface area contributed by atoms with E-state index >= 15 is 0 Å². The lowest BCUT2D eigenvalue weighted by Gasteiger charge is -2.18. The van der Waals surface area contributed by atoms with Gasteiger partial charge in [-0.05, 0) is 61.1 Å². The first kappa shape index (κ1) is 21.5. The number of nitrogens with two attached hydrogens (primary N) is 1. The minimum absolute atomic E-state index is 0.456. The number of fused-ring (bicyclic) bond motifs is 1. The fourth-order valence-electron chi connectivity index (χ4n) is 3.88. The van der Waals surface area contributed by atoms with Crippen LogP contribution in [0.25, 0.3) is 22.0 Å². The molecule has 4 aromatic rings. The van der Waals surface area contributed by atoms with Crippen molar-refractivity contribution in [2.24, 2.45) is 11.7 Å². The lowest BCUT2D eigenvalue weighted by atomic mass is 9.91. The number of rotatable bonds is 7. The Morgan fingerprint density at radius 2 is 1.81 bits per heavy atom. The molecule has 0 amide bonds. The van der Waals surface area contributed by atoms with Gasteiger partial charge in [0, 0.05) is 23.0 Å². The van der Waals surface area contributed by atoms with Crippen molar-refractivity contribution in [1.29, 1.82) is 0 Å². The number of hydrogen-bond acceptors (Lipinski definition) is 5. The van der Waals surface area contributed by atoms with Gasteiger partial charge in [0.15, 0.2) is 0 Å². The number of nitrogens with zero attached hydrogens (tertiary/aromatic N) is 2. The molecule has 0 aliphatic heterocycles. The average Bonchev–Trinajstić information content (AvgIpc) is 3.17. The summed E-state index contributed by atoms with van der Waals surface area (Å²) in [5.41, 5.74) is 14.0. The van der Waals surface area contributed by atoms with Crippen molar-refractivity contribution in [1.82, 2.24) is 9.97 Å². The Labute approximate surface area is 188 Å². The molecule has 4 rings (SSSR count). The molecule has 0 atom stereocenters. The van der Waals surface area contributed by atoms with Crippen molar-refractivity contribution in [3.8, 4) is 16.9 Å². The van der Waals surface area contributed by atoms with E-state index < -0.39 is 0 Å². The van der Waals surface area contributed by atoms with E-state index in [0.717, 1.165) is 56.2 Å². The van der Waals surface area contributed by atoms with Crippen molar-refractivity contribution in [3.05, 3.63) is 75.4 Å². The SMILES string of the molecule is Cc1ccc(-c2c(CN)c(CC(C)C)nc3ccc(OCc4csc(C)n4)cc23)cc1. The molecule has 0 aliphatic carbocycles. The molecular weight excluding hydrogens is 402 g/mol. The molecular formula is C26H29N3OS. The van der Waals surface area contributed by atoms with Gasteiger partial charge in [-0.25, -0.2) is 4.98 Å². The number of ether oxygens (including phenoxy) is 1. The van der Waals surface area contributed by atoms with Crippen LogP contribution in [0.3, 0.4) is 0 Å².